The van der Waals surface area contributed by atoms with E-state index >= 15 is 0 Å². The number of anilines is 1. The molecule has 1 heterocycles. The van der Waals surface area contributed by atoms with E-state index in [2.05, 4.69) is 10.0 Å². The molecule has 2 aromatic rings. The van der Waals surface area contributed by atoms with Crippen LogP contribution < -0.4 is 19.5 Å². The highest BCUT2D eigenvalue weighted by atomic mass is 32.2. The lowest BCUT2D eigenvalue weighted by Gasteiger charge is -2.13. The average molecular weight is 435 g/mol. The number of nitrogens with one attached hydrogen (secondary N) is 2. The van der Waals surface area contributed by atoms with Gasteiger partial charge in [-0.2, -0.15) is 0 Å². The van der Waals surface area contributed by atoms with Gasteiger partial charge in [-0.25, -0.2) is 13.1 Å². The van der Waals surface area contributed by atoms with Crippen LogP contribution >= 0.6 is 0 Å². The van der Waals surface area contributed by atoms with Gasteiger partial charge in [0.15, 0.2) is 11.5 Å². The third-order valence-electron chi connectivity index (χ3n) is 4.65. The quantitative estimate of drug-likeness (QED) is 0.629. The molecular formula is C21H26N2O6S. The normalized spacial score (nSPS) is 16.3. The first-order valence-corrected chi connectivity index (χ1v) is 11.2. The van der Waals surface area contributed by atoms with Crippen LogP contribution in [0.5, 0.6) is 11.5 Å². The van der Waals surface area contributed by atoms with Crippen molar-refractivity contribution in [3.05, 3.63) is 48.0 Å². The van der Waals surface area contributed by atoms with Crippen LogP contribution in [0.15, 0.2) is 47.4 Å². The molecular weight excluding hydrogens is 408 g/mol. The second kappa shape index (κ2) is 9.92. The number of ether oxygens (including phenoxy) is 3. The lowest BCUT2D eigenvalue weighted by Crippen LogP contribution is -2.32. The number of rotatable bonds is 9. The number of carbonyl (C=O) groups excluding carboxylic acids is 1. The van der Waals surface area contributed by atoms with Crippen molar-refractivity contribution in [3.8, 4) is 11.5 Å². The van der Waals surface area contributed by atoms with Crippen LogP contribution in [0, 0.1) is 0 Å². The molecule has 0 saturated carbocycles. The van der Waals surface area contributed by atoms with Crippen molar-refractivity contribution in [2.24, 2.45) is 0 Å². The molecule has 3 rings (SSSR count). The fraction of sp³-hybridized carbons (Fsp3) is 0.381. The Morgan fingerprint density at radius 3 is 2.73 bits per heavy atom. The highest BCUT2D eigenvalue weighted by Gasteiger charge is 2.21. The van der Waals surface area contributed by atoms with Gasteiger partial charge in [-0.1, -0.05) is 6.07 Å². The maximum Gasteiger partial charge on any atom is 0.255 e. The number of amides is 1. The lowest BCUT2D eigenvalue weighted by molar-refractivity contribution is 0.102. The van der Waals surface area contributed by atoms with E-state index in [0.29, 0.717) is 30.4 Å². The van der Waals surface area contributed by atoms with E-state index in [0.717, 1.165) is 12.8 Å². The molecule has 9 heteroatoms. The number of methoxy groups -OCH3 is 1. The van der Waals surface area contributed by atoms with Gasteiger partial charge in [-0.15, -0.1) is 0 Å². The van der Waals surface area contributed by atoms with E-state index in [4.69, 9.17) is 14.2 Å². The summed E-state index contributed by atoms with van der Waals surface area (Å²) in [7, 11) is -2.23. The van der Waals surface area contributed by atoms with E-state index in [1.54, 1.807) is 24.3 Å². The molecule has 1 aliphatic rings. The van der Waals surface area contributed by atoms with Gasteiger partial charge in [0.1, 0.15) is 0 Å². The van der Waals surface area contributed by atoms with Crippen LogP contribution in [0.25, 0.3) is 0 Å². The molecule has 1 aliphatic heterocycles. The summed E-state index contributed by atoms with van der Waals surface area (Å²) >= 11 is 0. The Morgan fingerprint density at radius 1 is 1.20 bits per heavy atom. The first-order chi connectivity index (χ1) is 14.4. The van der Waals surface area contributed by atoms with E-state index < -0.39 is 15.9 Å². The minimum atomic E-state index is -3.75. The Bertz CT molecular complexity index is 987. The van der Waals surface area contributed by atoms with Crippen LogP contribution in [0.1, 0.15) is 30.1 Å². The molecule has 1 fully saturated rings. The van der Waals surface area contributed by atoms with Gasteiger partial charge in [0.05, 0.1) is 24.7 Å². The zero-order chi connectivity index (χ0) is 21.6. The number of hydrogen-bond donors (Lipinski definition) is 2. The molecule has 0 aromatic heterocycles. The predicted octanol–water partition coefficient (Wildman–Crippen LogP) is 2.80. The largest absolute Gasteiger partial charge is 0.493 e. The Hall–Kier alpha value is -2.62. The van der Waals surface area contributed by atoms with Gasteiger partial charge in [0.25, 0.3) is 5.91 Å². The van der Waals surface area contributed by atoms with Crippen molar-refractivity contribution in [2.75, 3.05) is 32.2 Å². The smallest absolute Gasteiger partial charge is 0.255 e. The minimum Gasteiger partial charge on any atom is -0.493 e. The Balaban J connectivity index is 1.71. The maximum atomic E-state index is 12.7. The first-order valence-electron chi connectivity index (χ1n) is 9.76. The molecule has 1 amide bonds. The van der Waals surface area contributed by atoms with Crippen molar-refractivity contribution in [1.29, 1.82) is 0 Å². The molecule has 162 valence electrons. The monoisotopic (exact) mass is 434 g/mol. The Kier molecular flexibility index (Phi) is 7.30. The molecule has 0 radical (unpaired) electrons. The number of carbonyl (C=O) groups is 1. The van der Waals surface area contributed by atoms with Crippen LogP contribution in [-0.4, -0.2) is 47.3 Å². The maximum absolute atomic E-state index is 12.7. The second-order valence-corrected chi connectivity index (χ2v) is 8.53. The van der Waals surface area contributed by atoms with E-state index in [1.807, 2.05) is 6.92 Å². The Morgan fingerprint density at radius 2 is 2.03 bits per heavy atom. The summed E-state index contributed by atoms with van der Waals surface area (Å²) in [6.45, 7) is 3.22. The summed E-state index contributed by atoms with van der Waals surface area (Å²) in [6, 6.07) is 10.9. The summed E-state index contributed by atoms with van der Waals surface area (Å²) < 4.78 is 43.9. The molecule has 0 bridgehead atoms. The third-order valence-corrected chi connectivity index (χ3v) is 6.07. The lowest BCUT2D eigenvalue weighted by atomic mass is 10.2. The summed E-state index contributed by atoms with van der Waals surface area (Å²) in [5.41, 5.74) is 0.730. The molecule has 0 unspecified atom stereocenters. The average Bonchev–Trinajstić information content (AvgIpc) is 3.27. The van der Waals surface area contributed by atoms with Crippen LogP contribution in [-0.2, 0) is 14.8 Å². The summed E-state index contributed by atoms with van der Waals surface area (Å²) in [6.07, 6.45) is 1.65. The fourth-order valence-corrected chi connectivity index (χ4v) is 4.23. The predicted molar refractivity (Wildman–Crippen MR) is 113 cm³/mol. The number of benzene rings is 2. The summed E-state index contributed by atoms with van der Waals surface area (Å²) in [4.78, 5) is 12.7. The van der Waals surface area contributed by atoms with E-state index in [-0.39, 0.29) is 23.1 Å². The van der Waals surface area contributed by atoms with Crippen LogP contribution in [0.3, 0.4) is 0 Å². The van der Waals surface area contributed by atoms with Crippen molar-refractivity contribution < 1.29 is 27.4 Å². The summed E-state index contributed by atoms with van der Waals surface area (Å²) in [5.74, 6) is 0.630. The van der Waals surface area contributed by atoms with E-state index in [9.17, 15) is 13.2 Å². The zero-order valence-electron chi connectivity index (χ0n) is 17.0. The molecule has 8 nitrogen and oxygen atoms in total. The van der Waals surface area contributed by atoms with Crippen LogP contribution in [0.4, 0.5) is 5.69 Å². The molecule has 0 spiro atoms. The van der Waals surface area contributed by atoms with Crippen molar-refractivity contribution >= 4 is 21.6 Å². The van der Waals surface area contributed by atoms with Gasteiger partial charge < -0.3 is 19.5 Å². The SMILES string of the molecule is CCOc1ccc(NC(=O)c2cccc(S(=O)(=O)NC[C@@H]3CCCO3)c2)cc1OC. The highest BCUT2D eigenvalue weighted by Crippen LogP contribution is 2.30. The van der Waals surface area contributed by atoms with Crippen molar-refractivity contribution in [3.63, 3.8) is 0 Å². The zero-order valence-corrected chi connectivity index (χ0v) is 17.8. The molecule has 0 aliphatic carbocycles. The first kappa shape index (κ1) is 22.1. The van der Waals surface area contributed by atoms with E-state index in [1.165, 1.54) is 25.3 Å². The van der Waals surface area contributed by atoms with Gasteiger partial charge in [-0.3, -0.25) is 4.79 Å². The minimum absolute atomic E-state index is 0.0254. The molecule has 30 heavy (non-hydrogen) atoms. The van der Waals surface area contributed by atoms with Crippen LogP contribution in [0.2, 0.25) is 0 Å². The molecule has 1 saturated heterocycles. The topological polar surface area (TPSA) is 103 Å². The van der Waals surface area contributed by atoms with Crippen molar-refractivity contribution in [1.82, 2.24) is 4.72 Å². The van der Waals surface area contributed by atoms with Gasteiger partial charge in [0, 0.05) is 30.5 Å². The molecule has 2 N–H and O–H groups in total. The second-order valence-electron chi connectivity index (χ2n) is 6.77. The number of sulfonamides is 1. The molecule has 1 atom stereocenters. The number of hydrogen-bond acceptors (Lipinski definition) is 6. The Labute approximate surface area is 176 Å². The molecule has 2 aromatic carbocycles. The van der Waals surface area contributed by atoms with Gasteiger partial charge >= 0.3 is 0 Å². The van der Waals surface area contributed by atoms with Gasteiger partial charge in [0.2, 0.25) is 10.0 Å². The van der Waals surface area contributed by atoms with Crippen molar-refractivity contribution in [2.45, 2.75) is 30.8 Å². The fourth-order valence-electron chi connectivity index (χ4n) is 3.12. The standard InChI is InChI=1S/C21H26N2O6S/c1-3-28-19-10-9-16(13-20(19)27-2)23-21(24)15-6-4-8-18(12-15)30(25,26)22-14-17-7-5-11-29-17/h4,6,8-10,12-13,17,22H,3,5,7,11,14H2,1-2H3,(H,23,24)/t17-/m0/s1. The third kappa shape index (κ3) is 5.50. The summed E-state index contributed by atoms with van der Waals surface area (Å²) in [5, 5.41) is 2.75. The highest BCUT2D eigenvalue weighted by molar-refractivity contribution is 7.89. The van der Waals surface area contributed by atoms with Gasteiger partial charge in [-0.05, 0) is 50.1 Å².